The molecule has 1 heterocycles. The fourth-order valence-electron chi connectivity index (χ4n) is 4.14. The molecule has 0 saturated heterocycles. The Hall–Kier alpha value is -2.63. The van der Waals surface area contributed by atoms with Crippen LogP contribution in [0.15, 0.2) is 48.6 Å². The van der Waals surface area contributed by atoms with Crippen molar-refractivity contribution in [2.75, 3.05) is 7.11 Å². The van der Waals surface area contributed by atoms with Gasteiger partial charge in [0.15, 0.2) is 0 Å². The minimum Gasteiger partial charge on any atom is -0.469 e. The fraction of sp³-hybridized carbons (Fsp3) is 0.462. The highest BCUT2D eigenvalue weighted by Crippen LogP contribution is 2.33. The first kappa shape index (κ1) is 24.0. The van der Waals surface area contributed by atoms with E-state index >= 15 is 0 Å². The summed E-state index contributed by atoms with van der Waals surface area (Å²) in [6.45, 7) is 0. The van der Waals surface area contributed by atoms with Gasteiger partial charge in [-0.05, 0) is 80.5 Å². The van der Waals surface area contributed by atoms with Crippen LogP contribution in [-0.2, 0) is 35.0 Å². The second kappa shape index (κ2) is 11.3. The van der Waals surface area contributed by atoms with Gasteiger partial charge in [0.2, 0.25) is 0 Å². The fourth-order valence-corrected chi connectivity index (χ4v) is 4.14. The molecule has 2 aromatic rings. The first-order valence-electron chi connectivity index (χ1n) is 11.2. The number of methoxy groups -OCH3 is 1. The molecule has 1 aliphatic carbocycles. The second-order valence-electron chi connectivity index (χ2n) is 8.32. The summed E-state index contributed by atoms with van der Waals surface area (Å²) < 4.78 is 44.0. The van der Waals surface area contributed by atoms with Crippen LogP contribution in [-0.4, -0.2) is 18.1 Å². The Balaban J connectivity index is 1.55. The van der Waals surface area contributed by atoms with E-state index in [0.29, 0.717) is 12.0 Å². The van der Waals surface area contributed by atoms with Crippen molar-refractivity contribution >= 4 is 5.97 Å². The number of esters is 1. The van der Waals surface area contributed by atoms with Gasteiger partial charge >= 0.3 is 12.1 Å². The highest BCUT2D eigenvalue weighted by molar-refractivity contribution is 5.70. The minimum absolute atomic E-state index is 0.0429. The lowest BCUT2D eigenvalue weighted by Gasteiger charge is -2.16. The molecule has 0 fully saturated rings. The zero-order valence-electron chi connectivity index (χ0n) is 18.5. The van der Waals surface area contributed by atoms with Crippen LogP contribution in [0.2, 0.25) is 0 Å². The number of aryl methyl sites for hydroxylation is 3. The maximum absolute atomic E-state index is 13.1. The van der Waals surface area contributed by atoms with Crippen LogP contribution in [0.5, 0.6) is 0 Å². The van der Waals surface area contributed by atoms with Crippen LogP contribution >= 0.6 is 0 Å². The van der Waals surface area contributed by atoms with Crippen molar-refractivity contribution < 1.29 is 22.7 Å². The summed E-state index contributed by atoms with van der Waals surface area (Å²) in [4.78, 5) is 16.6. The van der Waals surface area contributed by atoms with Gasteiger partial charge in [0.05, 0.1) is 19.1 Å². The molecule has 0 saturated carbocycles. The molecule has 0 amide bonds. The van der Waals surface area contributed by atoms with E-state index in [1.807, 2.05) is 12.2 Å². The van der Waals surface area contributed by atoms with Gasteiger partial charge < -0.3 is 4.74 Å². The number of alkyl halides is 3. The van der Waals surface area contributed by atoms with Gasteiger partial charge in [0.1, 0.15) is 0 Å². The number of hydrogen-bond donors (Lipinski definition) is 0. The van der Waals surface area contributed by atoms with E-state index in [2.05, 4.69) is 12.1 Å². The molecular formula is C26H30F3NO2. The normalized spacial score (nSPS) is 14.9. The number of carbonyl (C=O) groups excluding carboxylic acids is 1. The average Bonchev–Trinajstić information content (AvgIpc) is 2.79. The molecule has 1 aromatic heterocycles. The first-order valence-corrected chi connectivity index (χ1v) is 11.2. The van der Waals surface area contributed by atoms with Crippen molar-refractivity contribution in [1.82, 2.24) is 4.98 Å². The van der Waals surface area contributed by atoms with E-state index in [1.54, 1.807) is 6.07 Å². The van der Waals surface area contributed by atoms with Crippen LogP contribution in [0.3, 0.4) is 0 Å². The Labute approximate surface area is 187 Å². The lowest BCUT2D eigenvalue weighted by atomic mass is 9.91. The topological polar surface area (TPSA) is 39.2 Å². The summed E-state index contributed by atoms with van der Waals surface area (Å²) in [7, 11) is 1.29. The smallest absolute Gasteiger partial charge is 0.416 e. The molecule has 3 rings (SSSR count). The molecular weight excluding hydrogens is 415 g/mol. The number of carbonyl (C=O) groups is 1. The number of rotatable bonds is 9. The summed E-state index contributed by atoms with van der Waals surface area (Å²) in [5, 5.41) is 0. The molecule has 0 bridgehead atoms. The van der Waals surface area contributed by atoms with Gasteiger partial charge in [-0.3, -0.25) is 9.78 Å². The molecule has 1 atom stereocenters. The van der Waals surface area contributed by atoms with Gasteiger partial charge in [0.25, 0.3) is 0 Å². The maximum atomic E-state index is 13.1. The minimum atomic E-state index is -4.41. The number of benzene rings is 1. The molecule has 32 heavy (non-hydrogen) atoms. The van der Waals surface area contributed by atoms with Crippen LogP contribution in [0.4, 0.5) is 13.2 Å². The SMILES string of the molecule is COC(=O)C[C@H](C/C=C\CCCc1ccc2c(n1)CCCC2)c1cccc(C(F)(F)F)c1. The van der Waals surface area contributed by atoms with Crippen LogP contribution in [0.25, 0.3) is 0 Å². The van der Waals surface area contributed by atoms with E-state index in [1.165, 1.54) is 37.3 Å². The molecule has 0 spiro atoms. The molecule has 0 radical (unpaired) electrons. The number of fused-ring (bicyclic) bond motifs is 1. The predicted molar refractivity (Wildman–Crippen MR) is 118 cm³/mol. The van der Waals surface area contributed by atoms with E-state index < -0.39 is 17.7 Å². The van der Waals surface area contributed by atoms with Gasteiger partial charge in [-0.15, -0.1) is 0 Å². The third-order valence-corrected chi connectivity index (χ3v) is 5.95. The number of pyridine rings is 1. The van der Waals surface area contributed by atoms with Gasteiger partial charge in [-0.2, -0.15) is 13.2 Å². The first-order chi connectivity index (χ1) is 15.4. The number of aromatic nitrogens is 1. The van der Waals surface area contributed by atoms with Crippen LogP contribution in [0.1, 0.15) is 72.5 Å². The van der Waals surface area contributed by atoms with Crippen molar-refractivity contribution in [3.8, 4) is 0 Å². The standard InChI is InChI=1S/C26H30F3NO2/c1-32-25(31)18-21(20-11-8-12-22(17-20)26(27,28)29)10-4-2-3-5-13-23-16-15-19-9-6-7-14-24(19)30-23/h2,4,8,11-12,15-17,21H,3,5-7,9-10,13-14,18H2,1H3/b4-2-/t21-/m0/s1. The lowest BCUT2D eigenvalue weighted by Crippen LogP contribution is -2.10. The summed E-state index contributed by atoms with van der Waals surface area (Å²) in [6, 6.07) is 9.52. The summed E-state index contributed by atoms with van der Waals surface area (Å²) in [5.74, 6) is -0.789. The maximum Gasteiger partial charge on any atom is 0.416 e. The molecule has 6 heteroatoms. The summed E-state index contributed by atoms with van der Waals surface area (Å²) >= 11 is 0. The summed E-state index contributed by atoms with van der Waals surface area (Å²) in [6.07, 6.45) is 7.47. The highest BCUT2D eigenvalue weighted by Gasteiger charge is 2.31. The Bertz CT molecular complexity index is 937. The monoisotopic (exact) mass is 445 g/mol. The second-order valence-corrected chi connectivity index (χ2v) is 8.32. The van der Waals surface area contributed by atoms with Crippen LogP contribution in [0, 0.1) is 0 Å². The average molecular weight is 446 g/mol. The van der Waals surface area contributed by atoms with Gasteiger partial charge in [-0.25, -0.2) is 0 Å². The lowest BCUT2D eigenvalue weighted by molar-refractivity contribution is -0.141. The number of allylic oxidation sites excluding steroid dienone is 2. The zero-order valence-corrected chi connectivity index (χ0v) is 18.5. The third-order valence-electron chi connectivity index (χ3n) is 5.95. The number of hydrogen-bond acceptors (Lipinski definition) is 3. The molecule has 1 aromatic carbocycles. The quantitative estimate of drug-likeness (QED) is 0.248. The summed E-state index contributed by atoms with van der Waals surface area (Å²) in [5.41, 5.74) is 3.54. The van der Waals surface area contributed by atoms with E-state index in [4.69, 9.17) is 9.72 Å². The van der Waals surface area contributed by atoms with Crippen molar-refractivity contribution in [2.45, 2.75) is 69.9 Å². The molecule has 3 nitrogen and oxygen atoms in total. The van der Waals surface area contributed by atoms with Crippen molar-refractivity contribution in [2.24, 2.45) is 0 Å². The van der Waals surface area contributed by atoms with Crippen molar-refractivity contribution in [3.63, 3.8) is 0 Å². The van der Waals surface area contributed by atoms with E-state index in [-0.39, 0.29) is 12.3 Å². The van der Waals surface area contributed by atoms with Crippen molar-refractivity contribution in [1.29, 1.82) is 0 Å². The molecule has 172 valence electrons. The van der Waals surface area contributed by atoms with Gasteiger partial charge in [-0.1, -0.05) is 36.4 Å². The predicted octanol–water partition coefficient (Wildman–Crippen LogP) is 6.60. The van der Waals surface area contributed by atoms with Gasteiger partial charge in [0, 0.05) is 11.4 Å². The van der Waals surface area contributed by atoms with E-state index in [0.717, 1.165) is 49.9 Å². The Morgan fingerprint density at radius 3 is 2.75 bits per heavy atom. The molecule has 1 aliphatic rings. The number of ether oxygens (including phenoxy) is 1. The Morgan fingerprint density at radius 2 is 1.97 bits per heavy atom. The zero-order chi connectivity index (χ0) is 23.0. The molecule has 0 unspecified atom stereocenters. The highest BCUT2D eigenvalue weighted by atomic mass is 19.4. The third kappa shape index (κ3) is 6.94. The van der Waals surface area contributed by atoms with E-state index in [9.17, 15) is 18.0 Å². The Kier molecular flexibility index (Phi) is 8.48. The molecule has 0 N–H and O–H groups in total. The number of nitrogens with zero attached hydrogens (tertiary/aromatic N) is 1. The largest absolute Gasteiger partial charge is 0.469 e. The van der Waals surface area contributed by atoms with Crippen LogP contribution < -0.4 is 0 Å². The number of halogens is 3. The van der Waals surface area contributed by atoms with Crippen molar-refractivity contribution in [3.05, 3.63) is 76.6 Å². The Morgan fingerprint density at radius 1 is 1.16 bits per heavy atom. The molecule has 0 aliphatic heterocycles. The number of unbranched alkanes of at least 4 members (excludes halogenated alkanes) is 1.